The summed E-state index contributed by atoms with van der Waals surface area (Å²) >= 11 is 0. The van der Waals surface area contributed by atoms with Crippen molar-refractivity contribution in [3.63, 3.8) is 0 Å². The number of pyridine rings is 1. The van der Waals surface area contributed by atoms with E-state index in [2.05, 4.69) is 0 Å². The molecule has 0 saturated carbocycles. The second-order valence-corrected chi connectivity index (χ2v) is 4.31. The lowest BCUT2D eigenvalue weighted by atomic mass is 10.0. The lowest BCUT2D eigenvalue weighted by Gasteiger charge is -2.26. The normalized spacial score (nSPS) is 13.2. The third kappa shape index (κ3) is 2.89. The fourth-order valence-corrected chi connectivity index (χ4v) is 1.88. The third-order valence-corrected chi connectivity index (χ3v) is 2.68. The molecule has 0 aliphatic rings. The predicted octanol–water partition coefficient (Wildman–Crippen LogP) is 2.49. The maximum absolute atomic E-state index is 13.0. The average molecular weight is 274 g/mol. The number of halogens is 3. The zero-order valence-corrected chi connectivity index (χ0v) is 10.7. The first-order valence-electron chi connectivity index (χ1n) is 5.50. The van der Waals surface area contributed by atoms with Crippen LogP contribution in [0.25, 0.3) is 0 Å². The number of nitriles is 1. The summed E-state index contributed by atoms with van der Waals surface area (Å²) in [5.74, 6) is -0.869. The first-order valence-corrected chi connectivity index (χ1v) is 5.50. The summed E-state index contributed by atoms with van der Waals surface area (Å²) in [6.45, 7) is 2.72. The maximum Gasteiger partial charge on any atom is 0.409 e. The highest BCUT2D eigenvalue weighted by atomic mass is 19.4. The van der Waals surface area contributed by atoms with Gasteiger partial charge in [-0.05, 0) is 12.0 Å². The van der Waals surface area contributed by atoms with Crippen LogP contribution in [0, 0.1) is 17.2 Å². The van der Waals surface area contributed by atoms with E-state index >= 15 is 0 Å². The van der Waals surface area contributed by atoms with Gasteiger partial charge in [0.2, 0.25) is 0 Å². The minimum absolute atomic E-state index is 0.0339. The summed E-state index contributed by atoms with van der Waals surface area (Å²) in [6.07, 6.45) is -3.57. The van der Waals surface area contributed by atoms with E-state index in [-0.39, 0.29) is 5.75 Å². The molecule has 104 valence electrons. The molecule has 19 heavy (non-hydrogen) atoms. The van der Waals surface area contributed by atoms with Crippen molar-refractivity contribution in [3.8, 4) is 11.8 Å². The van der Waals surface area contributed by atoms with Crippen molar-refractivity contribution in [2.24, 2.45) is 5.92 Å². The number of methoxy groups -OCH3 is 1. The van der Waals surface area contributed by atoms with Crippen LogP contribution in [0.2, 0.25) is 0 Å². The van der Waals surface area contributed by atoms with Gasteiger partial charge >= 0.3 is 6.18 Å². The van der Waals surface area contributed by atoms with Gasteiger partial charge in [0.05, 0.1) is 7.11 Å². The summed E-state index contributed by atoms with van der Waals surface area (Å²) in [4.78, 5) is 11.9. The van der Waals surface area contributed by atoms with Gasteiger partial charge in [-0.15, -0.1) is 0 Å². The molecular formula is C12H13F3N2O2. The molecule has 1 heterocycles. The van der Waals surface area contributed by atoms with Crippen LogP contribution in [-0.2, 0) is 0 Å². The molecule has 1 aromatic rings. The number of alkyl halides is 3. The van der Waals surface area contributed by atoms with Crippen molar-refractivity contribution < 1.29 is 17.9 Å². The summed E-state index contributed by atoms with van der Waals surface area (Å²) in [7, 11) is 1.24. The Morgan fingerprint density at radius 2 is 2.00 bits per heavy atom. The van der Waals surface area contributed by atoms with Gasteiger partial charge in [-0.1, -0.05) is 13.8 Å². The van der Waals surface area contributed by atoms with Crippen molar-refractivity contribution in [2.75, 3.05) is 7.11 Å². The molecule has 0 fully saturated rings. The van der Waals surface area contributed by atoms with E-state index in [1.54, 1.807) is 6.07 Å². The Bertz CT molecular complexity index is 556. The Morgan fingerprint density at radius 3 is 2.37 bits per heavy atom. The van der Waals surface area contributed by atoms with Crippen LogP contribution in [0.1, 0.15) is 25.5 Å². The summed E-state index contributed by atoms with van der Waals surface area (Å²) in [6, 6.07) is 0.782. The predicted molar refractivity (Wildman–Crippen MR) is 61.9 cm³/mol. The zero-order chi connectivity index (χ0) is 14.8. The molecule has 0 saturated heterocycles. The molecule has 0 radical (unpaired) electrons. The molecule has 0 spiro atoms. The Kier molecular flexibility index (Phi) is 4.24. The molecule has 0 N–H and O–H groups in total. The molecule has 1 atom stereocenters. The summed E-state index contributed by atoms with van der Waals surface area (Å²) in [5, 5.41) is 8.85. The number of aromatic nitrogens is 1. The molecule has 1 aromatic heterocycles. The Hall–Kier alpha value is -1.97. The Labute approximate surface area is 108 Å². The van der Waals surface area contributed by atoms with Crippen LogP contribution in [0.5, 0.6) is 5.75 Å². The molecule has 0 bridgehead atoms. The molecule has 0 aliphatic carbocycles. The molecule has 0 aliphatic heterocycles. The monoisotopic (exact) mass is 274 g/mol. The molecular weight excluding hydrogens is 261 g/mol. The van der Waals surface area contributed by atoms with Gasteiger partial charge in [0.1, 0.15) is 17.9 Å². The smallest absolute Gasteiger partial charge is 0.409 e. The highest BCUT2D eigenvalue weighted by Crippen LogP contribution is 2.35. The quantitative estimate of drug-likeness (QED) is 0.850. The number of hydrogen-bond acceptors (Lipinski definition) is 3. The minimum Gasteiger partial charge on any atom is -0.495 e. The molecule has 7 heteroatoms. The molecule has 1 unspecified atom stereocenters. The standard InChI is InChI=1S/C12H13F3N2O2/c1-7(2)10(12(13,14)15)17-5-4-9(19-3)8(6-16)11(17)18/h4-5,7,10H,1-3H3. The van der Waals surface area contributed by atoms with Crippen LogP contribution >= 0.6 is 0 Å². The van der Waals surface area contributed by atoms with E-state index in [4.69, 9.17) is 10.00 Å². The molecule has 4 nitrogen and oxygen atoms in total. The first kappa shape index (κ1) is 15.1. The van der Waals surface area contributed by atoms with Gasteiger partial charge in [-0.2, -0.15) is 18.4 Å². The number of nitrogens with zero attached hydrogens (tertiary/aromatic N) is 2. The van der Waals surface area contributed by atoms with Crippen molar-refractivity contribution in [1.29, 1.82) is 5.26 Å². The molecule has 0 aromatic carbocycles. The third-order valence-electron chi connectivity index (χ3n) is 2.68. The fourth-order valence-electron chi connectivity index (χ4n) is 1.88. The zero-order valence-electron chi connectivity index (χ0n) is 10.7. The van der Waals surface area contributed by atoms with Gasteiger partial charge < -0.3 is 9.30 Å². The highest BCUT2D eigenvalue weighted by Gasteiger charge is 2.43. The summed E-state index contributed by atoms with van der Waals surface area (Å²) < 4.78 is 44.3. The van der Waals surface area contributed by atoms with Crippen LogP contribution in [0.15, 0.2) is 17.1 Å². The van der Waals surface area contributed by atoms with Crippen molar-refractivity contribution in [2.45, 2.75) is 26.1 Å². The van der Waals surface area contributed by atoms with Gasteiger partial charge in [-0.3, -0.25) is 4.79 Å². The van der Waals surface area contributed by atoms with E-state index in [9.17, 15) is 18.0 Å². The topological polar surface area (TPSA) is 55.0 Å². The van der Waals surface area contributed by atoms with Crippen LogP contribution < -0.4 is 10.3 Å². The van der Waals surface area contributed by atoms with Gasteiger partial charge in [0.15, 0.2) is 5.56 Å². The van der Waals surface area contributed by atoms with Crippen LogP contribution in [0.3, 0.4) is 0 Å². The van der Waals surface area contributed by atoms with Crippen molar-refractivity contribution in [1.82, 2.24) is 4.57 Å². The molecule has 0 amide bonds. The van der Waals surface area contributed by atoms with Gasteiger partial charge in [0.25, 0.3) is 5.56 Å². The highest BCUT2D eigenvalue weighted by molar-refractivity contribution is 5.40. The van der Waals surface area contributed by atoms with Crippen molar-refractivity contribution >= 4 is 0 Å². The van der Waals surface area contributed by atoms with Crippen LogP contribution in [0.4, 0.5) is 13.2 Å². The largest absolute Gasteiger partial charge is 0.495 e. The van der Waals surface area contributed by atoms with E-state index in [0.29, 0.717) is 4.57 Å². The van der Waals surface area contributed by atoms with Crippen molar-refractivity contribution in [3.05, 3.63) is 28.2 Å². The van der Waals surface area contributed by atoms with E-state index < -0.39 is 29.3 Å². The van der Waals surface area contributed by atoms with E-state index in [1.807, 2.05) is 0 Å². The van der Waals surface area contributed by atoms with E-state index in [1.165, 1.54) is 27.0 Å². The summed E-state index contributed by atoms with van der Waals surface area (Å²) in [5.41, 5.74) is -1.43. The van der Waals surface area contributed by atoms with Crippen LogP contribution in [-0.4, -0.2) is 17.9 Å². The second kappa shape index (κ2) is 5.34. The first-order chi connectivity index (χ1) is 8.73. The second-order valence-electron chi connectivity index (χ2n) is 4.31. The molecule has 1 rings (SSSR count). The Morgan fingerprint density at radius 1 is 1.42 bits per heavy atom. The number of hydrogen-bond donors (Lipinski definition) is 0. The number of rotatable bonds is 3. The van der Waals surface area contributed by atoms with Gasteiger partial charge in [0, 0.05) is 6.20 Å². The Balaban J connectivity index is 3.52. The lowest BCUT2D eigenvalue weighted by Crippen LogP contribution is -2.38. The fraction of sp³-hybridized carbons (Fsp3) is 0.500. The van der Waals surface area contributed by atoms with Gasteiger partial charge in [-0.25, -0.2) is 0 Å². The average Bonchev–Trinajstić information content (AvgIpc) is 2.29. The SMILES string of the molecule is COc1ccn(C(C(C)C)C(F)(F)F)c(=O)c1C#N. The number of ether oxygens (including phenoxy) is 1. The maximum atomic E-state index is 13.0. The lowest BCUT2D eigenvalue weighted by molar-refractivity contribution is -0.179. The minimum atomic E-state index is -4.57. The van der Waals surface area contributed by atoms with E-state index in [0.717, 1.165) is 6.20 Å².